The van der Waals surface area contributed by atoms with Gasteiger partial charge in [-0.2, -0.15) is 0 Å². The molecule has 0 bridgehead atoms. The van der Waals surface area contributed by atoms with Crippen molar-refractivity contribution in [3.63, 3.8) is 0 Å². The smallest absolute Gasteiger partial charge is 0.328 e. The molecular formula is C20H23Cl2N3O3S. The van der Waals surface area contributed by atoms with Crippen LogP contribution in [0.5, 0.6) is 5.88 Å². The van der Waals surface area contributed by atoms with Crippen molar-refractivity contribution in [2.24, 2.45) is 0 Å². The van der Waals surface area contributed by atoms with Gasteiger partial charge in [0, 0.05) is 23.4 Å². The van der Waals surface area contributed by atoms with Gasteiger partial charge in [0.2, 0.25) is 11.7 Å². The molecule has 0 radical (unpaired) electrons. The lowest BCUT2D eigenvalue weighted by molar-refractivity contribution is -0.870. The van der Waals surface area contributed by atoms with E-state index in [-0.39, 0.29) is 29.6 Å². The number of benzene rings is 1. The van der Waals surface area contributed by atoms with E-state index in [0.29, 0.717) is 27.3 Å². The lowest BCUT2D eigenvalue weighted by Crippen LogP contribution is -3.00. The Bertz CT molecular complexity index is 1020. The third kappa shape index (κ3) is 5.11. The van der Waals surface area contributed by atoms with Crippen LogP contribution >= 0.6 is 22.9 Å². The summed E-state index contributed by atoms with van der Waals surface area (Å²) in [6.45, 7) is 1.37. The van der Waals surface area contributed by atoms with Gasteiger partial charge in [0.15, 0.2) is 0 Å². The fourth-order valence-electron chi connectivity index (χ4n) is 3.04. The van der Waals surface area contributed by atoms with Crippen molar-refractivity contribution in [2.45, 2.75) is 6.42 Å². The Hall–Kier alpha value is -2.06. The van der Waals surface area contributed by atoms with Crippen LogP contribution in [-0.4, -0.2) is 60.2 Å². The van der Waals surface area contributed by atoms with E-state index in [2.05, 4.69) is 26.5 Å². The van der Waals surface area contributed by atoms with Crippen LogP contribution in [0.1, 0.15) is 21.7 Å². The van der Waals surface area contributed by atoms with Crippen molar-refractivity contribution >= 4 is 45.7 Å². The van der Waals surface area contributed by atoms with Crippen molar-refractivity contribution in [1.82, 2.24) is 9.88 Å². The molecule has 0 atom stereocenters. The molecule has 1 aromatic carbocycles. The van der Waals surface area contributed by atoms with Crippen LogP contribution in [0.25, 0.3) is 10.9 Å². The Labute approximate surface area is 184 Å². The van der Waals surface area contributed by atoms with E-state index in [1.165, 1.54) is 11.3 Å². The summed E-state index contributed by atoms with van der Waals surface area (Å²) in [5.41, 5.74) is 0.521. The molecular weight excluding hydrogens is 435 g/mol. The first kappa shape index (κ1) is 23.2. The lowest BCUT2D eigenvalue weighted by Gasteiger charge is -2.23. The topological polar surface area (TPSA) is 71.3 Å². The van der Waals surface area contributed by atoms with Gasteiger partial charge in [-0.1, -0.05) is 17.7 Å². The molecule has 0 aliphatic rings. The van der Waals surface area contributed by atoms with Crippen molar-refractivity contribution < 1.29 is 31.6 Å². The number of amides is 1. The van der Waals surface area contributed by atoms with Crippen molar-refractivity contribution in [3.8, 4) is 5.88 Å². The molecule has 1 amide bonds. The molecule has 0 saturated carbocycles. The Morgan fingerprint density at radius 2 is 2.03 bits per heavy atom. The number of halogens is 2. The molecule has 0 unspecified atom stereocenters. The second kappa shape index (κ2) is 9.17. The number of hydrogen-bond donors (Lipinski definition) is 2. The average molecular weight is 458 g/mol. The summed E-state index contributed by atoms with van der Waals surface area (Å²) in [6.07, 6.45) is 0.794. The Morgan fingerprint density at radius 3 is 2.66 bits per heavy atom. The third-order valence-electron chi connectivity index (χ3n) is 4.36. The van der Waals surface area contributed by atoms with Crippen molar-refractivity contribution in [3.05, 3.63) is 51.2 Å². The normalized spacial score (nSPS) is 11.3. The van der Waals surface area contributed by atoms with Crippen molar-refractivity contribution in [2.75, 3.05) is 34.2 Å². The summed E-state index contributed by atoms with van der Waals surface area (Å²) in [4.78, 5) is 26.2. The number of fused-ring (bicyclic) bond motifs is 1. The number of nitrogens with zero attached hydrogens (tertiary/aromatic N) is 2. The van der Waals surface area contributed by atoms with Gasteiger partial charge in [-0.3, -0.25) is 4.79 Å². The highest BCUT2D eigenvalue weighted by atomic mass is 35.5. The van der Waals surface area contributed by atoms with E-state index in [0.717, 1.165) is 22.0 Å². The molecule has 0 aliphatic carbocycles. The summed E-state index contributed by atoms with van der Waals surface area (Å²) in [5.74, 6) is -0.712. The van der Waals surface area contributed by atoms with Crippen LogP contribution in [0, 0.1) is 0 Å². The zero-order valence-electron chi connectivity index (χ0n) is 16.4. The number of nitrogens with one attached hydrogen (secondary N) is 1. The predicted octanol–water partition coefficient (Wildman–Crippen LogP) is 0.951. The minimum atomic E-state index is -0.475. The van der Waals surface area contributed by atoms with Crippen LogP contribution in [0.4, 0.5) is 4.79 Å². The quantitative estimate of drug-likeness (QED) is 0.328. The molecule has 3 aromatic rings. The van der Waals surface area contributed by atoms with E-state index < -0.39 is 6.03 Å². The summed E-state index contributed by atoms with van der Waals surface area (Å²) >= 11 is 7.38. The minimum absolute atomic E-state index is 0. The van der Waals surface area contributed by atoms with Crippen molar-refractivity contribution in [1.29, 1.82) is 0 Å². The maximum absolute atomic E-state index is 12.9. The number of hydrogen-bond acceptors (Lipinski definition) is 4. The molecule has 156 valence electrons. The largest absolute Gasteiger partial charge is 1.00 e. The molecule has 6 nitrogen and oxygen atoms in total. The van der Waals surface area contributed by atoms with Crippen LogP contribution < -0.4 is 17.7 Å². The molecule has 2 aromatic heterocycles. The highest BCUT2D eigenvalue weighted by Crippen LogP contribution is 2.35. The Kier molecular flexibility index (Phi) is 7.35. The van der Waals surface area contributed by atoms with E-state index in [4.69, 9.17) is 11.6 Å². The fourth-order valence-corrected chi connectivity index (χ4v) is 3.88. The van der Waals surface area contributed by atoms with E-state index in [1.807, 2.05) is 0 Å². The minimum Gasteiger partial charge on any atom is -1.00 e. The predicted molar refractivity (Wildman–Crippen MR) is 113 cm³/mol. The summed E-state index contributed by atoms with van der Waals surface area (Å²) in [7, 11) is 6.25. The molecule has 0 aliphatic heterocycles. The zero-order valence-corrected chi connectivity index (χ0v) is 18.7. The molecule has 2 heterocycles. The lowest BCUT2D eigenvalue weighted by atomic mass is 10.2. The van der Waals surface area contributed by atoms with Gasteiger partial charge in [0.25, 0.3) is 0 Å². The number of carbonyl (C=O) groups is 2. The maximum atomic E-state index is 12.9. The Morgan fingerprint density at radius 1 is 1.31 bits per heavy atom. The average Bonchev–Trinajstić information content (AvgIpc) is 3.23. The summed E-state index contributed by atoms with van der Waals surface area (Å²) < 4.78 is 1.93. The van der Waals surface area contributed by atoms with Gasteiger partial charge in [0.1, 0.15) is 0 Å². The number of thiophene rings is 1. The number of aromatic nitrogens is 1. The van der Waals surface area contributed by atoms with Crippen LogP contribution in [0.15, 0.2) is 35.7 Å². The first-order valence-electron chi connectivity index (χ1n) is 8.89. The number of quaternary nitrogens is 1. The summed E-state index contributed by atoms with van der Waals surface area (Å²) in [5, 5.41) is 16.2. The molecule has 9 heteroatoms. The number of aromatic hydroxyl groups is 1. The van der Waals surface area contributed by atoms with Gasteiger partial charge < -0.3 is 27.3 Å². The van der Waals surface area contributed by atoms with E-state index in [9.17, 15) is 14.7 Å². The fraction of sp³-hybridized carbons (Fsp3) is 0.300. The zero-order chi connectivity index (χ0) is 20.5. The van der Waals surface area contributed by atoms with Crippen LogP contribution in [0.3, 0.4) is 0 Å². The maximum Gasteiger partial charge on any atom is 0.328 e. The first-order chi connectivity index (χ1) is 13.2. The van der Waals surface area contributed by atoms with Gasteiger partial charge in [-0.25, -0.2) is 9.36 Å². The second-order valence-electron chi connectivity index (χ2n) is 7.60. The molecule has 3 rings (SSSR count). The molecule has 0 fully saturated rings. The highest BCUT2D eigenvalue weighted by molar-refractivity contribution is 7.12. The molecule has 2 N–H and O–H groups in total. The van der Waals surface area contributed by atoms with Gasteiger partial charge in [-0.15, -0.1) is 11.3 Å². The van der Waals surface area contributed by atoms with Gasteiger partial charge >= 0.3 is 6.03 Å². The molecule has 29 heavy (non-hydrogen) atoms. The number of carbonyl (C=O) groups excluding carboxylic acids is 2. The molecule has 0 saturated heterocycles. The van der Waals surface area contributed by atoms with Gasteiger partial charge in [0.05, 0.1) is 43.6 Å². The van der Waals surface area contributed by atoms with E-state index >= 15 is 0 Å². The number of rotatable bonds is 6. The van der Waals surface area contributed by atoms with Crippen LogP contribution in [0.2, 0.25) is 5.02 Å². The van der Waals surface area contributed by atoms with E-state index in [1.54, 1.807) is 35.7 Å². The van der Waals surface area contributed by atoms with Crippen LogP contribution in [-0.2, 0) is 0 Å². The SMILES string of the molecule is C[N+](C)(C)CCCNC(=O)n1c(O)c([14C](=O)c2cccs2)c2cc(Cl)ccc21.[Cl-]. The monoisotopic (exact) mass is 457 g/mol. The standard InChI is InChI=1S/C20H22ClN3O3S.ClH/c1-24(2,3)10-5-9-22-20(27)23-15-8-7-13(21)12-14(15)17(19(23)26)18(25)16-6-4-11-28-16;/h4,6-8,11-12H,5,9-10H2,1-3H3,(H-,22,25,26,27);1H/i18+2;. The number of ketones is 1. The van der Waals surface area contributed by atoms with Gasteiger partial charge in [-0.05, 0) is 29.6 Å². The summed E-state index contributed by atoms with van der Waals surface area (Å²) in [6, 6.07) is 7.83. The first-order valence-corrected chi connectivity index (χ1v) is 10.1. The highest BCUT2D eigenvalue weighted by Gasteiger charge is 2.27. The Balaban J connectivity index is 0.00000300. The second-order valence-corrected chi connectivity index (χ2v) is 8.99. The third-order valence-corrected chi connectivity index (χ3v) is 5.47. The molecule has 0 spiro atoms.